The maximum atomic E-state index is 13.5. The predicted octanol–water partition coefficient (Wildman–Crippen LogP) is 5.49. The Labute approximate surface area is 186 Å². The summed E-state index contributed by atoms with van der Waals surface area (Å²) in [7, 11) is 0. The molecule has 1 aliphatic heterocycles. The first kappa shape index (κ1) is 22.8. The summed E-state index contributed by atoms with van der Waals surface area (Å²) >= 11 is 6.30. The highest BCUT2D eigenvalue weighted by atomic mass is 35.5. The van der Waals surface area contributed by atoms with Gasteiger partial charge in [0.2, 0.25) is 0 Å². The number of ketones is 1. The molecule has 1 heterocycles. The Balaban J connectivity index is 2.15. The monoisotopic (exact) mass is 445 g/mol. The summed E-state index contributed by atoms with van der Waals surface area (Å²) in [6, 6.07) is 9.50. The maximum Gasteiger partial charge on any atom is 0.295 e. The minimum atomic E-state index is -0.829. The second-order valence-corrected chi connectivity index (χ2v) is 7.73. The zero-order valence-electron chi connectivity index (χ0n) is 17.5. The van der Waals surface area contributed by atoms with E-state index in [0.29, 0.717) is 30.9 Å². The van der Waals surface area contributed by atoms with Crippen LogP contribution in [0.2, 0.25) is 5.02 Å². The van der Waals surface area contributed by atoms with Crippen molar-refractivity contribution in [2.75, 3.05) is 13.2 Å². The lowest BCUT2D eigenvalue weighted by atomic mass is 9.95. The number of ether oxygens (including phenoxy) is 1. The summed E-state index contributed by atoms with van der Waals surface area (Å²) in [6.45, 7) is 4.63. The number of hydrogen-bond donors (Lipinski definition) is 1. The zero-order valence-corrected chi connectivity index (χ0v) is 18.3. The predicted molar refractivity (Wildman–Crippen MR) is 118 cm³/mol. The van der Waals surface area contributed by atoms with Gasteiger partial charge in [-0.05, 0) is 49.2 Å². The Kier molecular flexibility index (Phi) is 7.33. The molecule has 0 saturated carbocycles. The van der Waals surface area contributed by atoms with Crippen LogP contribution < -0.4 is 4.74 Å². The molecule has 0 aromatic heterocycles. The van der Waals surface area contributed by atoms with Crippen molar-refractivity contribution in [2.45, 2.75) is 39.2 Å². The number of aliphatic hydroxyl groups is 1. The Morgan fingerprint density at radius 1 is 1.13 bits per heavy atom. The van der Waals surface area contributed by atoms with E-state index in [1.165, 1.54) is 35.2 Å². The first-order chi connectivity index (χ1) is 14.9. The Morgan fingerprint density at radius 3 is 2.48 bits per heavy atom. The van der Waals surface area contributed by atoms with Crippen LogP contribution in [0.4, 0.5) is 4.39 Å². The fraction of sp³-hybridized carbons (Fsp3) is 0.333. The van der Waals surface area contributed by atoms with Gasteiger partial charge < -0.3 is 14.7 Å². The highest BCUT2D eigenvalue weighted by Gasteiger charge is 2.46. The third-order valence-corrected chi connectivity index (χ3v) is 5.56. The molecule has 1 amide bonds. The van der Waals surface area contributed by atoms with Gasteiger partial charge in [-0.15, -0.1) is 0 Å². The Bertz CT molecular complexity index is 1000. The van der Waals surface area contributed by atoms with Crippen LogP contribution in [0, 0.1) is 5.82 Å². The highest BCUT2D eigenvalue weighted by molar-refractivity contribution is 6.47. The summed E-state index contributed by atoms with van der Waals surface area (Å²) in [4.78, 5) is 27.3. The lowest BCUT2D eigenvalue weighted by Crippen LogP contribution is -2.30. The molecular formula is C24H25ClFNO4. The molecule has 0 spiro atoms. The van der Waals surface area contributed by atoms with Crippen molar-refractivity contribution in [3.63, 3.8) is 0 Å². The number of hydrogen-bond acceptors (Lipinski definition) is 4. The number of Topliss-reactive ketones (excluding diaryl/α,β-unsaturated/α-hetero) is 1. The third-order valence-electron chi connectivity index (χ3n) is 5.23. The fourth-order valence-electron chi connectivity index (χ4n) is 3.72. The summed E-state index contributed by atoms with van der Waals surface area (Å²) in [5, 5.41) is 11.3. The Morgan fingerprint density at radius 2 is 1.84 bits per heavy atom. The van der Waals surface area contributed by atoms with E-state index in [9.17, 15) is 19.1 Å². The second-order valence-electron chi connectivity index (χ2n) is 7.33. The topological polar surface area (TPSA) is 66.8 Å². The SMILES string of the molecule is CCCCCN1C(=O)C(=O)/C(=C(/O)c2cc(OCC)ccc2Cl)C1c1ccc(F)cc1. The molecule has 1 saturated heterocycles. The lowest BCUT2D eigenvalue weighted by molar-refractivity contribution is -0.139. The number of carbonyl (C=O) groups excluding carboxylic acids is 2. The standard InChI is InChI=1S/C24H25ClFNO4/c1-3-5-6-13-27-21(15-7-9-16(26)10-8-15)20(23(29)24(27)30)22(28)18-14-17(31-4-2)11-12-19(18)25/h7-12,14,21,28H,3-6,13H2,1-2H3/b22-20+. The maximum absolute atomic E-state index is 13.5. The first-order valence-corrected chi connectivity index (χ1v) is 10.7. The number of aliphatic hydroxyl groups excluding tert-OH is 1. The minimum absolute atomic E-state index is 0.0661. The van der Waals surface area contributed by atoms with E-state index in [1.807, 2.05) is 13.8 Å². The number of amides is 1. The minimum Gasteiger partial charge on any atom is -0.507 e. The molecule has 31 heavy (non-hydrogen) atoms. The van der Waals surface area contributed by atoms with Crippen LogP contribution in [0.15, 0.2) is 48.0 Å². The average Bonchev–Trinajstić information content (AvgIpc) is 3.00. The van der Waals surface area contributed by atoms with Gasteiger partial charge in [-0.1, -0.05) is 43.5 Å². The number of rotatable bonds is 8. The van der Waals surface area contributed by atoms with Gasteiger partial charge in [0.25, 0.3) is 11.7 Å². The molecule has 1 fully saturated rings. The van der Waals surface area contributed by atoms with Crippen molar-refractivity contribution in [1.82, 2.24) is 4.90 Å². The molecule has 2 aromatic rings. The van der Waals surface area contributed by atoms with Crippen LogP contribution in [0.5, 0.6) is 5.75 Å². The van der Waals surface area contributed by atoms with Crippen LogP contribution in [0.3, 0.4) is 0 Å². The van der Waals surface area contributed by atoms with E-state index in [4.69, 9.17) is 16.3 Å². The third kappa shape index (κ3) is 4.74. The van der Waals surface area contributed by atoms with Gasteiger partial charge >= 0.3 is 0 Å². The van der Waals surface area contributed by atoms with Gasteiger partial charge in [-0.2, -0.15) is 0 Å². The molecule has 5 nitrogen and oxygen atoms in total. The van der Waals surface area contributed by atoms with Crippen molar-refractivity contribution in [1.29, 1.82) is 0 Å². The van der Waals surface area contributed by atoms with E-state index >= 15 is 0 Å². The number of likely N-dealkylation sites (tertiary alicyclic amines) is 1. The number of unbranched alkanes of at least 4 members (excludes halogenated alkanes) is 2. The quantitative estimate of drug-likeness (QED) is 0.252. The van der Waals surface area contributed by atoms with Gasteiger partial charge in [0, 0.05) is 12.1 Å². The molecular weight excluding hydrogens is 421 g/mol. The summed E-state index contributed by atoms with van der Waals surface area (Å²) in [5.41, 5.74) is 0.672. The van der Waals surface area contributed by atoms with E-state index in [1.54, 1.807) is 12.1 Å². The fourth-order valence-corrected chi connectivity index (χ4v) is 3.93. The van der Waals surface area contributed by atoms with Crippen molar-refractivity contribution in [3.8, 4) is 5.75 Å². The van der Waals surface area contributed by atoms with Gasteiger partial charge in [0.05, 0.1) is 23.2 Å². The van der Waals surface area contributed by atoms with E-state index in [0.717, 1.165) is 12.8 Å². The van der Waals surface area contributed by atoms with Crippen LogP contribution in [-0.2, 0) is 9.59 Å². The number of carbonyl (C=O) groups is 2. The molecule has 2 aromatic carbocycles. The second kappa shape index (κ2) is 9.96. The summed E-state index contributed by atoms with van der Waals surface area (Å²) < 4.78 is 19.0. The van der Waals surface area contributed by atoms with Crippen molar-refractivity contribution >= 4 is 29.1 Å². The Hall–Kier alpha value is -2.86. The number of nitrogens with zero attached hydrogens (tertiary/aromatic N) is 1. The van der Waals surface area contributed by atoms with Gasteiger partial charge in [-0.25, -0.2) is 4.39 Å². The molecule has 1 aliphatic rings. The van der Waals surface area contributed by atoms with Crippen LogP contribution in [0.25, 0.3) is 5.76 Å². The number of halogens is 2. The zero-order chi connectivity index (χ0) is 22.5. The molecule has 0 aliphatic carbocycles. The van der Waals surface area contributed by atoms with Gasteiger partial charge in [0.15, 0.2) is 0 Å². The van der Waals surface area contributed by atoms with E-state index < -0.39 is 23.5 Å². The van der Waals surface area contributed by atoms with Crippen LogP contribution in [-0.4, -0.2) is 34.8 Å². The van der Waals surface area contributed by atoms with E-state index in [-0.39, 0.29) is 21.9 Å². The molecule has 3 rings (SSSR count). The van der Waals surface area contributed by atoms with Crippen molar-refractivity contribution in [3.05, 3.63) is 70.0 Å². The molecule has 1 atom stereocenters. The molecule has 0 radical (unpaired) electrons. The first-order valence-electron chi connectivity index (χ1n) is 10.4. The average molecular weight is 446 g/mol. The largest absolute Gasteiger partial charge is 0.507 e. The van der Waals surface area contributed by atoms with Crippen molar-refractivity contribution < 1.29 is 23.8 Å². The summed E-state index contributed by atoms with van der Waals surface area (Å²) in [6.07, 6.45) is 2.55. The highest BCUT2D eigenvalue weighted by Crippen LogP contribution is 2.41. The van der Waals surface area contributed by atoms with Crippen LogP contribution >= 0.6 is 11.6 Å². The molecule has 0 bridgehead atoms. The normalized spacial score (nSPS) is 17.9. The number of benzene rings is 2. The smallest absolute Gasteiger partial charge is 0.295 e. The molecule has 164 valence electrons. The lowest BCUT2D eigenvalue weighted by Gasteiger charge is -2.25. The van der Waals surface area contributed by atoms with Crippen molar-refractivity contribution in [2.24, 2.45) is 0 Å². The van der Waals surface area contributed by atoms with E-state index in [2.05, 4.69) is 0 Å². The van der Waals surface area contributed by atoms with Crippen LogP contribution in [0.1, 0.15) is 50.3 Å². The van der Waals surface area contributed by atoms with Gasteiger partial charge in [-0.3, -0.25) is 9.59 Å². The summed E-state index contributed by atoms with van der Waals surface area (Å²) in [5.74, 6) is -1.81. The molecule has 1 unspecified atom stereocenters. The molecule has 7 heteroatoms. The van der Waals surface area contributed by atoms with Gasteiger partial charge in [0.1, 0.15) is 17.3 Å². The molecule has 1 N–H and O–H groups in total.